The first-order valence-corrected chi connectivity index (χ1v) is 12.9. The van der Waals surface area contributed by atoms with Gasteiger partial charge in [-0.1, -0.05) is 31.0 Å². The summed E-state index contributed by atoms with van der Waals surface area (Å²) in [5, 5.41) is 6.67. The van der Waals surface area contributed by atoms with Crippen molar-refractivity contribution in [3.8, 4) is 0 Å². The minimum Gasteiger partial charge on any atom is -0.357 e. The molecule has 0 bridgehead atoms. The number of nitrogens with one attached hydrogen (secondary N) is 2. The number of sulfonamides is 1. The molecule has 1 aromatic rings. The van der Waals surface area contributed by atoms with Crippen LogP contribution in [-0.2, 0) is 16.6 Å². The second-order valence-corrected chi connectivity index (χ2v) is 10.0. The third-order valence-electron chi connectivity index (χ3n) is 5.83. The summed E-state index contributed by atoms with van der Waals surface area (Å²) in [6.45, 7) is 8.56. The second-order valence-electron chi connectivity index (χ2n) is 8.10. The van der Waals surface area contributed by atoms with Gasteiger partial charge in [0, 0.05) is 32.7 Å². The summed E-state index contributed by atoms with van der Waals surface area (Å²) in [5.74, 6) is 0.736. The molecule has 2 aliphatic rings. The van der Waals surface area contributed by atoms with Crippen LogP contribution in [0.1, 0.15) is 51.0 Å². The topological polar surface area (TPSA) is 77.0 Å². The van der Waals surface area contributed by atoms with E-state index in [-0.39, 0.29) is 24.0 Å². The maximum Gasteiger partial charge on any atom is 0.243 e. The maximum absolute atomic E-state index is 13.2. The highest BCUT2D eigenvalue weighted by Gasteiger charge is 2.27. The highest BCUT2D eigenvalue weighted by molar-refractivity contribution is 14.0. The molecule has 0 unspecified atom stereocenters. The Morgan fingerprint density at radius 1 is 0.968 bits per heavy atom. The van der Waals surface area contributed by atoms with Crippen molar-refractivity contribution in [2.75, 3.05) is 45.8 Å². The molecule has 0 saturated carbocycles. The number of benzene rings is 1. The van der Waals surface area contributed by atoms with E-state index in [9.17, 15) is 8.42 Å². The minimum absolute atomic E-state index is 0. The molecule has 2 saturated heterocycles. The molecule has 2 N–H and O–H groups in total. The van der Waals surface area contributed by atoms with Crippen molar-refractivity contribution < 1.29 is 8.42 Å². The zero-order chi connectivity index (χ0) is 21.2. The summed E-state index contributed by atoms with van der Waals surface area (Å²) in [5.41, 5.74) is 0.747. The van der Waals surface area contributed by atoms with E-state index in [1.807, 2.05) is 19.1 Å². The van der Waals surface area contributed by atoms with Crippen LogP contribution in [0, 0.1) is 0 Å². The van der Waals surface area contributed by atoms with Crippen LogP contribution in [-0.4, -0.2) is 69.4 Å². The normalized spacial score (nSPS) is 18.9. The van der Waals surface area contributed by atoms with Crippen LogP contribution in [0.25, 0.3) is 0 Å². The van der Waals surface area contributed by atoms with Crippen molar-refractivity contribution in [1.82, 2.24) is 19.8 Å². The van der Waals surface area contributed by atoms with Gasteiger partial charge in [0.25, 0.3) is 0 Å². The molecule has 31 heavy (non-hydrogen) atoms. The largest absolute Gasteiger partial charge is 0.357 e. The fraction of sp³-hybridized carbons (Fsp3) is 0.682. The Balaban J connectivity index is 0.00000341. The number of piperidine rings is 2. The summed E-state index contributed by atoms with van der Waals surface area (Å²) in [6.07, 6.45) is 6.89. The van der Waals surface area contributed by atoms with Crippen LogP contribution < -0.4 is 10.6 Å². The summed E-state index contributed by atoms with van der Waals surface area (Å²) in [7, 11) is -3.47. The molecule has 0 aliphatic carbocycles. The van der Waals surface area contributed by atoms with Crippen molar-refractivity contribution in [2.45, 2.75) is 56.9 Å². The first-order valence-electron chi connectivity index (χ1n) is 11.4. The van der Waals surface area contributed by atoms with Crippen LogP contribution >= 0.6 is 24.0 Å². The van der Waals surface area contributed by atoms with Gasteiger partial charge in [-0.2, -0.15) is 4.31 Å². The molecule has 1 aromatic carbocycles. The molecule has 0 spiro atoms. The van der Waals surface area contributed by atoms with E-state index >= 15 is 0 Å². The summed E-state index contributed by atoms with van der Waals surface area (Å²) < 4.78 is 28.0. The van der Waals surface area contributed by atoms with E-state index in [0.717, 1.165) is 50.4 Å². The van der Waals surface area contributed by atoms with Crippen LogP contribution in [0.5, 0.6) is 0 Å². The molecule has 0 radical (unpaired) electrons. The lowest BCUT2D eigenvalue weighted by atomic mass is 10.1. The standard InChI is InChI=1S/C22H37N5O2S.HI/c1-2-23-22(24-13-18-26-14-7-3-8-15-26)25-19-20-11-5-6-12-21(20)30(28,29)27-16-9-4-10-17-27;/h5-6,11-12H,2-4,7-10,13-19H2,1H3,(H2,23,24,25);1H. The van der Waals surface area contributed by atoms with Gasteiger partial charge in [-0.05, 0) is 57.3 Å². The Bertz CT molecular complexity index is 791. The average molecular weight is 564 g/mol. The van der Waals surface area contributed by atoms with Crippen molar-refractivity contribution >= 4 is 40.0 Å². The molecular weight excluding hydrogens is 525 g/mol. The van der Waals surface area contributed by atoms with Gasteiger partial charge in [-0.15, -0.1) is 24.0 Å². The van der Waals surface area contributed by atoms with Gasteiger partial charge in [0.2, 0.25) is 10.0 Å². The predicted octanol–water partition coefficient (Wildman–Crippen LogP) is 3.02. The molecule has 0 amide bonds. The average Bonchev–Trinajstić information content (AvgIpc) is 2.79. The third-order valence-corrected chi connectivity index (χ3v) is 7.83. The Hall–Kier alpha value is -0.910. The van der Waals surface area contributed by atoms with Crippen LogP contribution in [0.4, 0.5) is 0 Å². The first-order chi connectivity index (χ1) is 14.6. The lowest BCUT2D eigenvalue weighted by Gasteiger charge is -2.27. The van der Waals surface area contributed by atoms with Gasteiger partial charge in [0.05, 0.1) is 11.4 Å². The van der Waals surface area contributed by atoms with Crippen molar-refractivity contribution in [1.29, 1.82) is 0 Å². The van der Waals surface area contributed by atoms with E-state index in [1.54, 1.807) is 16.4 Å². The summed E-state index contributed by atoms with van der Waals surface area (Å²) in [6, 6.07) is 7.27. The molecule has 0 atom stereocenters. The van der Waals surface area contributed by atoms with E-state index in [1.165, 1.54) is 32.4 Å². The number of hydrogen-bond acceptors (Lipinski definition) is 4. The van der Waals surface area contributed by atoms with Gasteiger partial charge >= 0.3 is 0 Å². The lowest BCUT2D eigenvalue weighted by Crippen LogP contribution is -2.42. The van der Waals surface area contributed by atoms with Crippen molar-refractivity contribution in [2.24, 2.45) is 4.99 Å². The Labute approximate surface area is 205 Å². The predicted molar refractivity (Wildman–Crippen MR) is 138 cm³/mol. The fourth-order valence-electron chi connectivity index (χ4n) is 4.15. The van der Waals surface area contributed by atoms with Gasteiger partial charge in [0.15, 0.2) is 5.96 Å². The Kier molecular flexibility index (Phi) is 11.6. The second kappa shape index (κ2) is 13.6. The number of halogens is 1. The van der Waals surface area contributed by atoms with E-state index < -0.39 is 10.0 Å². The SMILES string of the molecule is CCNC(=NCc1ccccc1S(=O)(=O)N1CCCCC1)NCCN1CCCCC1.I. The van der Waals surface area contributed by atoms with Crippen LogP contribution in [0.2, 0.25) is 0 Å². The molecular formula is C22H38IN5O2S. The Morgan fingerprint density at radius 2 is 1.61 bits per heavy atom. The van der Waals surface area contributed by atoms with Gasteiger partial charge < -0.3 is 15.5 Å². The first kappa shape index (κ1) is 26.3. The molecule has 2 aliphatic heterocycles. The minimum atomic E-state index is -3.47. The lowest BCUT2D eigenvalue weighted by molar-refractivity contribution is 0.232. The van der Waals surface area contributed by atoms with Gasteiger partial charge in [-0.25, -0.2) is 13.4 Å². The molecule has 9 heteroatoms. The Morgan fingerprint density at radius 3 is 2.29 bits per heavy atom. The zero-order valence-corrected chi connectivity index (χ0v) is 21.8. The molecule has 0 aromatic heterocycles. The number of rotatable bonds is 8. The van der Waals surface area contributed by atoms with Gasteiger partial charge in [0.1, 0.15) is 0 Å². The van der Waals surface area contributed by atoms with Crippen molar-refractivity contribution in [3.05, 3.63) is 29.8 Å². The highest BCUT2D eigenvalue weighted by atomic mass is 127. The third kappa shape index (κ3) is 7.87. The van der Waals surface area contributed by atoms with E-state index in [0.29, 0.717) is 24.5 Å². The smallest absolute Gasteiger partial charge is 0.243 e. The van der Waals surface area contributed by atoms with E-state index in [2.05, 4.69) is 20.5 Å². The summed E-state index contributed by atoms with van der Waals surface area (Å²) >= 11 is 0. The number of aliphatic imine (C=N–C) groups is 1. The van der Waals surface area contributed by atoms with Crippen LogP contribution in [0.3, 0.4) is 0 Å². The quantitative estimate of drug-likeness (QED) is 0.289. The van der Waals surface area contributed by atoms with Crippen molar-refractivity contribution in [3.63, 3.8) is 0 Å². The molecule has 2 fully saturated rings. The maximum atomic E-state index is 13.2. The van der Waals surface area contributed by atoms with E-state index in [4.69, 9.17) is 0 Å². The monoisotopic (exact) mass is 563 g/mol. The number of hydrogen-bond donors (Lipinski definition) is 2. The summed E-state index contributed by atoms with van der Waals surface area (Å²) in [4.78, 5) is 7.55. The molecule has 7 nitrogen and oxygen atoms in total. The van der Waals surface area contributed by atoms with Gasteiger partial charge in [-0.3, -0.25) is 0 Å². The highest BCUT2D eigenvalue weighted by Crippen LogP contribution is 2.24. The van der Waals surface area contributed by atoms with Crippen LogP contribution in [0.15, 0.2) is 34.2 Å². The molecule has 176 valence electrons. The fourth-order valence-corrected chi connectivity index (χ4v) is 5.88. The number of likely N-dealkylation sites (tertiary alicyclic amines) is 1. The molecule has 2 heterocycles. The zero-order valence-electron chi connectivity index (χ0n) is 18.7. The number of guanidine groups is 1. The number of nitrogens with zero attached hydrogens (tertiary/aromatic N) is 3. The molecule has 3 rings (SSSR count).